The molecule has 3 heterocycles. The van der Waals surface area contributed by atoms with Crippen molar-refractivity contribution in [3.05, 3.63) is 18.2 Å². The summed E-state index contributed by atoms with van der Waals surface area (Å²) in [5.74, 6) is 0.739. The van der Waals surface area contributed by atoms with Crippen LogP contribution in [-0.2, 0) is 21.2 Å². The van der Waals surface area contributed by atoms with Gasteiger partial charge in [0.2, 0.25) is 11.0 Å². The number of rotatable bonds is 4. The number of aryl methyl sites for hydroxylation is 1. The molecule has 1 aliphatic rings. The largest absolute Gasteiger partial charge is 0.451 e. The van der Waals surface area contributed by atoms with Crippen molar-refractivity contribution in [2.75, 3.05) is 26.3 Å². The highest BCUT2D eigenvalue weighted by molar-refractivity contribution is 7.89. The van der Waals surface area contributed by atoms with E-state index in [2.05, 4.69) is 10.2 Å². The molecule has 1 aliphatic heterocycles. The van der Waals surface area contributed by atoms with Crippen LogP contribution in [0.4, 0.5) is 0 Å². The first kappa shape index (κ1) is 14.2. The number of morpholine rings is 1. The summed E-state index contributed by atoms with van der Waals surface area (Å²) in [5.41, 5.74) is 0.453. The molecule has 3 rings (SSSR count). The summed E-state index contributed by atoms with van der Waals surface area (Å²) < 4.78 is 41.9. The van der Waals surface area contributed by atoms with E-state index in [0.717, 1.165) is 0 Å². The van der Waals surface area contributed by atoms with Crippen LogP contribution in [0.1, 0.15) is 12.8 Å². The molecule has 0 aromatic carbocycles. The Hall–Kier alpha value is -1.71. The van der Waals surface area contributed by atoms with E-state index in [4.69, 9.17) is 13.6 Å². The Kier molecular flexibility index (Phi) is 3.79. The molecule has 2 aromatic heterocycles. The average Bonchev–Trinajstić information content (AvgIpc) is 3.17. The third-order valence-corrected chi connectivity index (χ3v) is 4.92. The van der Waals surface area contributed by atoms with Crippen LogP contribution in [0, 0.1) is 0 Å². The fourth-order valence-electron chi connectivity index (χ4n) is 1.99. The highest BCUT2D eigenvalue weighted by Crippen LogP contribution is 2.26. The second-order valence-corrected chi connectivity index (χ2v) is 6.39. The number of sulfonamides is 1. The summed E-state index contributed by atoms with van der Waals surface area (Å²) in [5, 5.41) is 7.57. The van der Waals surface area contributed by atoms with Gasteiger partial charge < -0.3 is 13.6 Å². The lowest BCUT2D eigenvalue weighted by Gasteiger charge is -2.24. The van der Waals surface area contributed by atoms with Crippen molar-refractivity contribution in [1.82, 2.24) is 14.5 Å². The molecule has 0 amide bonds. The van der Waals surface area contributed by atoms with E-state index in [1.807, 2.05) is 6.92 Å². The van der Waals surface area contributed by atoms with Crippen LogP contribution in [0.15, 0.2) is 26.3 Å². The van der Waals surface area contributed by atoms with Gasteiger partial charge >= 0.3 is 0 Å². The SMILES string of the molecule is CCc1nnc(-c2coc(S(=O)(=O)N3CCOCC3)c2)o1. The van der Waals surface area contributed by atoms with Crippen LogP contribution in [0.5, 0.6) is 0 Å². The summed E-state index contributed by atoms with van der Waals surface area (Å²) in [6, 6.07) is 1.40. The van der Waals surface area contributed by atoms with Gasteiger partial charge in [0.05, 0.1) is 18.8 Å². The fraction of sp³-hybridized carbons (Fsp3) is 0.500. The minimum absolute atomic E-state index is 0.129. The van der Waals surface area contributed by atoms with Crippen molar-refractivity contribution in [2.45, 2.75) is 18.4 Å². The number of furan rings is 1. The van der Waals surface area contributed by atoms with Gasteiger partial charge in [-0.25, -0.2) is 8.42 Å². The lowest BCUT2D eigenvalue weighted by molar-refractivity contribution is 0.0724. The van der Waals surface area contributed by atoms with E-state index >= 15 is 0 Å². The maximum atomic E-state index is 12.4. The summed E-state index contributed by atoms with van der Waals surface area (Å²) in [6.45, 7) is 3.30. The molecule has 0 N–H and O–H groups in total. The van der Waals surface area contributed by atoms with Gasteiger partial charge in [-0.1, -0.05) is 6.92 Å². The van der Waals surface area contributed by atoms with Crippen molar-refractivity contribution >= 4 is 10.0 Å². The smallest absolute Gasteiger partial charge is 0.276 e. The Bertz CT molecular complexity index is 715. The molecule has 21 heavy (non-hydrogen) atoms. The molecule has 9 heteroatoms. The molecule has 0 atom stereocenters. The van der Waals surface area contributed by atoms with Gasteiger partial charge in [0.15, 0.2) is 0 Å². The molecule has 1 saturated heterocycles. The van der Waals surface area contributed by atoms with Gasteiger partial charge in [-0.2, -0.15) is 4.31 Å². The lowest BCUT2D eigenvalue weighted by Crippen LogP contribution is -2.40. The van der Waals surface area contributed by atoms with Gasteiger partial charge in [-0.05, 0) is 0 Å². The van der Waals surface area contributed by atoms with Crippen molar-refractivity contribution in [3.8, 4) is 11.5 Å². The quantitative estimate of drug-likeness (QED) is 0.827. The Balaban J connectivity index is 1.86. The lowest BCUT2D eigenvalue weighted by atomic mass is 10.3. The molecular formula is C12H15N3O5S. The van der Waals surface area contributed by atoms with Gasteiger partial charge in [0, 0.05) is 25.6 Å². The summed E-state index contributed by atoms with van der Waals surface area (Å²) in [4.78, 5) is 0. The van der Waals surface area contributed by atoms with Gasteiger partial charge in [-0.15, -0.1) is 10.2 Å². The van der Waals surface area contributed by atoms with Gasteiger partial charge in [0.25, 0.3) is 15.9 Å². The Morgan fingerprint density at radius 3 is 2.71 bits per heavy atom. The van der Waals surface area contributed by atoms with E-state index in [-0.39, 0.29) is 11.0 Å². The zero-order valence-corrected chi connectivity index (χ0v) is 12.3. The fourth-order valence-corrected chi connectivity index (χ4v) is 3.32. The molecule has 8 nitrogen and oxygen atoms in total. The summed E-state index contributed by atoms with van der Waals surface area (Å²) in [7, 11) is -3.65. The molecule has 0 unspecified atom stereocenters. The molecule has 0 saturated carbocycles. The second-order valence-electron chi connectivity index (χ2n) is 4.53. The van der Waals surface area contributed by atoms with Crippen molar-refractivity contribution in [1.29, 1.82) is 0 Å². The summed E-state index contributed by atoms with van der Waals surface area (Å²) >= 11 is 0. The summed E-state index contributed by atoms with van der Waals surface area (Å²) in [6.07, 6.45) is 1.92. The Morgan fingerprint density at radius 2 is 2.05 bits per heavy atom. The molecular weight excluding hydrogens is 298 g/mol. The minimum Gasteiger partial charge on any atom is -0.451 e. The second kappa shape index (κ2) is 5.58. The highest BCUT2D eigenvalue weighted by Gasteiger charge is 2.30. The van der Waals surface area contributed by atoms with Crippen LogP contribution in [0.2, 0.25) is 0 Å². The van der Waals surface area contributed by atoms with Crippen LogP contribution >= 0.6 is 0 Å². The zero-order valence-electron chi connectivity index (χ0n) is 11.5. The maximum Gasteiger partial charge on any atom is 0.276 e. The minimum atomic E-state index is -3.65. The topological polar surface area (TPSA) is 98.7 Å². The first-order chi connectivity index (χ1) is 10.1. The number of hydrogen-bond donors (Lipinski definition) is 0. The molecule has 0 aliphatic carbocycles. The van der Waals surface area contributed by atoms with Crippen LogP contribution in [0.25, 0.3) is 11.5 Å². The Morgan fingerprint density at radius 1 is 1.29 bits per heavy atom. The predicted octanol–water partition coefficient (Wildman–Crippen LogP) is 0.913. The number of aromatic nitrogens is 2. The van der Waals surface area contributed by atoms with Gasteiger partial charge in [-0.3, -0.25) is 0 Å². The van der Waals surface area contributed by atoms with Crippen molar-refractivity contribution in [2.24, 2.45) is 0 Å². The third kappa shape index (κ3) is 2.71. The van der Waals surface area contributed by atoms with E-state index in [9.17, 15) is 8.42 Å². The van der Waals surface area contributed by atoms with E-state index in [1.54, 1.807) is 0 Å². The number of nitrogens with zero attached hydrogens (tertiary/aromatic N) is 3. The van der Waals surface area contributed by atoms with Crippen LogP contribution in [0.3, 0.4) is 0 Å². The highest BCUT2D eigenvalue weighted by atomic mass is 32.2. The van der Waals surface area contributed by atoms with E-state index < -0.39 is 10.0 Å². The Labute approximate surface area is 121 Å². The van der Waals surface area contributed by atoms with Gasteiger partial charge in [0.1, 0.15) is 6.26 Å². The van der Waals surface area contributed by atoms with E-state index in [1.165, 1.54) is 16.6 Å². The monoisotopic (exact) mass is 313 g/mol. The molecule has 2 aromatic rings. The average molecular weight is 313 g/mol. The number of ether oxygens (including phenoxy) is 1. The molecule has 0 bridgehead atoms. The molecule has 0 spiro atoms. The number of hydrogen-bond acceptors (Lipinski definition) is 7. The first-order valence-electron chi connectivity index (χ1n) is 6.60. The predicted molar refractivity (Wildman–Crippen MR) is 71.0 cm³/mol. The molecule has 114 valence electrons. The third-order valence-electron chi connectivity index (χ3n) is 3.16. The standard InChI is InChI=1S/C12H15N3O5S/c1-2-10-13-14-12(20-10)9-7-11(19-8-9)21(16,17)15-3-5-18-6-4-15/h7-8H,2-6H2,1H3. The zero-order chi connectivity index (χ0) is 14.9. The van der Waals surface area contributed by atoms with Crippen molar-refractivity contribution in [3.63, 3.8) is 0 Å². The van der Waals surface area contributed by atoms with Crippen molar-refractivity contribution < 1.29 is 22.0 Å². The van der Waals surface area contributed by atoms with E-state index in [0.29, 0.717) is 44.2 Å². The van der Waals surface area contributed by atoms with Crippen LogP contribution in [-0.4, -0.2) is 49.2 Å². The maximum absolute atomic E-state index is 12.4. The first-order valence-corrected chi connectivity index (χ1v) is 8.04. The molecule has 0 radical (unpaired) electrons. The normalized spacial score (nSPS) is 17.2. The van der Waals surface area contributed by atoms with Crippen LogP contribution < -0.4 is 0 Å². The molecule has 1 fully saturated rings.